The highest BCUT2D eigenvalue weighted by molar-refractivity contribution is 5.45. The van der Waals surface area contributed by atoms with Gasteiger partial charge in [0, 0.05) is 11.9 Å². The Morgan fingerprint density at radius 3 is 2.47 bits per heavy atom. The van der Waals surface area contributed by atoms with Gasteiger partial charge >= 0.3 is 0 Å². The van der Waals surface area contributed by atoms with E-state index in [2.05, 4.69) is 10.4 Å². The lowest BCUT2D eigenvalue weighted by Gasteiger charge is -2.05. The van der Waals surface area contributed by atoms with Crippen molar-refractivity contribution in [2.75, 3.05) is 5.43 Å². The molecule has 0 atom stereocenters. The molecule has 0 amide bonds. The van der Waals surface area contributed by atoms with Gasteiger partial charge in [0.25, 0.3) is 0 Å². The minimum Gasteiger partial charge on any atom is -0.456 e. The number of hydrogen-bond donors (Lipinski definition) is 2. The number of nitrogens with zero attached hydrogens (tertiary/aromatic N) is 1. The van der Waals surface area contributed by atoms with Crippen LogP contribution in [0.15, 0.2) is 48.8 Å². The molecule has 0 aliphatic rings. The van der Waals surface area contributed by atoms with Crippen LogP contribution in [-0.2, 0) is 0 Å². The Labute approximate surface area is 87.7 Å². The van der Waals surface area contributed by atoms with Gasteiger partial charge in [-0.2, -0.15) is 0 Å². The predicted molar refractivity (Wildman–Crippen MR) is 58.6 cm³/mol. The molecule has 1 aromatic carbocycles. The van der Waals surface area contributed by atoms with Crippen LogP contribution in [0.3, 0.4) is 0 Å². The highest BCUT2D eigenvalue weighted by atomic mass is 16.5. The molecule has 4 nitrogen and oxygen atoms in total. The number of anilines is 1. The number of nitrogens with two attached hydrogens (primary N) is 1. The molecule has 0 saturated carbocycles. The van der Waals surface area contributed by atoms with Crippen molar-refractivity contribution in [1.29, 1.82) is 0 Å². The van der Waals surface area contributed by atoms with Crippen LogP contribution in [-0.4, -0.2) is 4.98 Å². The van der Waals surface area contributed by atoms with Crippen molar-refractivity contribution in [3.05, 3.63) is 48.8 Å². The molecule has 1 aromatic heterocycles. The van der Waals surface area contributed by atoms with E-state index in [4.69, 9.17) is 10.6 Å². The monoisotopic (exact) mass is 201 g/mol. The van der Waals surface area contributed by atoms with E-state index >= 15 is 0 Å². The molecule has 15 heavy (non-hydrogen) atoms. The third-order valence-corrected chi connectivity index (χ3v) is 1.89. The Hall–Kier alpha value is -2.07. The van der Waals surface area contributed by atoms with E-state index in [0.717, 1.165) is 11.4 Å². The molecule has 0 spiro atoms. The lowest BCUT2D eigenvalue weighted by Crippen LogP contribution is -2.05. The van der Waals surface area contributed by atoms with E-state index in [1.165, 1.54) is 0 Å². The summed E-state index contributed by atoms with van der Waals surface area (Å²) in [5.74, 6) is 6.72. The first-order valence-electron chi connectivity index (χ1n) is 4.53. The third-order valence-electron chi connectivity index (χ3n) is 1.89. The third kappa shape index (κ3) is 2.45. The van der Waals surface area contributed by atoms with E-state index in [9.17, 15) is 0 Å². The van der Waals surface area contributed by atoms with E-state index in [0.29, 0.717) is 5.75 Å². The van der Waals surface area contributed by atoms with Gasteiger partial charge < -0.3 is 10.2 Å². The van der Waals surface area contributed by atoms with E-state index in [-0.39, 0.29) is 0 Å². The van der Waals surface area contributed by atoms with Gasteiger partial charge in [-0.25, -0.2) is 0 Å². The Balaban J connectivity index is 2.11. The van der Waals surface area contributed by atoms with Gasteiger partial charge in [-0.3, -0.25) is 10.8 Å². The van der Waals surface area contributed by atoms with Crippen molar-refractivity contribution in [2.24, 2.45) is 5.84 Å². The van der Waals surface area contributed by atoms with E-state index in [1.807, 2.05) is 36.4 Å². The molecule has 0 unspecified atom stereocenters. The number of nitrogen functional groups attached to an aromatic ring is 1. The molecule has 1 heterocycles. The van der Waals surface area contributed by atoms with Crippen molar-refractivity contribution in [3.63, 3.8) is 0 Å². The number of nitrogens with one attached hydrogen (secondary N) is 1. The van der Waals surface area contributed by atoms with Crippen LogP contribution in [0.1, 0.15) is 0 Å². The molecule has 3 N–H and O–H groups in total. The van der Waals surface area contributed by atoms with Crippen LogP contribution in [0, 0.1) is 0 Å². The maximum absolute atomic E-state index is 5.55. The quantitative estimate of drug-likeness (QED) is 0.590. The minimum absolute atomic E-state index is 0.714. The van der Waals surface area contributed by atoms with Crippen molar-refractivity contribution in [2.45, 2.75) is 0 Å². The number of hydrogen-bond acceptors (Lipinski definition) is 4. The van der Waals surface area contributed by atoms with Crippen molar-refractivity contribution in [1.82, 2.24) is 4.98 Å². The molecule has 4 heteroatoms. The van der Waals surface area contributed by atoms with Gasteiger partial charge in [-0.15, -0.1) is 0 Å². The smallest absolute Gasteiger partial charge is 0.145 e. The molecule has 0 fully saturated rings. The zero-order chi connectivity index (χ0) is 10.5. The van der Waals surface area contributed by atoms with Crippen molar-refractivity contribution in [3.8, 4) is 11.5 Å². The molecular weight excluding hydrogens is 190 g/mol. The summed E-state index contributed by atoms with van der Waals surface area (Å²) >= 11 is 0. The van der Waals surface area contributed by atoms with Crippen LogP contribution in [0.25, 0.3) is 0 Å². The summed E-state index contributed by atoms with van der Waals surface area (Å²) < 4.78 is 5.55. The van der Waals surface area contributed by atoms with E-state index < -0.39 is 0 Å². The van der Waals surface area contributed by atoms with Crippen LogP contribution in [0.4, 0.5) is 5.69 Å². The van der Waals surface area contributed by atoms with Gasteiger partial charge in [0.05, 0.1) is 6.20 Å². The summed E-state index contributed by atoms with van der Waals surface area (Å²) in [6.07, 6.45) is 3.36. The molecule has 76 valence electrons. The van der Waals surface area contributed by atoms with Gasteiger partial charge in [0.1, 0.15) is 11.5 Å². The first-order valence-corrected chi connectivity index (χ1v) is 4.53. The van der Waals surface area contributed by atoms with Gasteiger partial charge in [-0.1, -0.05) is 0 Å². The second kappa shape index (κ2) is 4.43. The molecule has 0 radical (unpaired) electrons. The van der Waals surface area contributed by atoms with Crippen molar-refractivity contribution < 1.29 is 4.74 Å². The Kier molecular flexibility index (Phi) is 2.80. The summed E-state index contributed by atoms with van der Waals surface area (Å²) in [6, 6.07) is 11.0. The summed E-state index contributed by atoms with van der Waals surface area (Å²) in [6.45, 7) is 0. The second-order valence-corrected chi connectivity index (χ2v) is 2.96. The fourth-order valence-electron chi connectivity index (χ4n) is 1.16. The Morgan fingerprint density at radius 1 is 1.07 bits per heavy atom. The highest BCUT2D eigenvalue weighted by Gasteiger charge is 1.96. The number of pyridine rings is 1. The molecule has 0 saturated heterocycles. The minimum atomic E-state index is 0.714. The normalized spacial score (nSPS) is 9.67. The number of benzene rings is 1. The SMILES string of the molecule is NNc1ccc(Oc2cccnc2)cc1. The first kappa shape index (κ1) is 9.48. The molecule has 2 rings (SSSR count). The Bertz CT molecular complexity index is 414. The average molecular weight is 201 g/mol. The summed E-state index contributed by atoms with van der Waals surface area (Å²) in [7, 11) is 0. The fraction of sp³-hybridized carbons (Fsp3) is 0. The summed E-state index contributed by atoms with van der Waals surface area (Å²) in [5.41, 5.74) is 3.39. The highest BCUT2D eigenvalue weighted by Crippen LogP contribution is 2.21. The predicted octanol–water partition coefficient (Wildman–Crippen LogP) is 2.16. The van der Waals surface area contributed by atoms with Crippen LogP contribution in [0.5, 0.6) is 11.5 Å². The maximum Gasteiger partial charge on any atom is 0.145 e. The van der Waals surface area contributed by atoms with E-state index in [1.54, 1.807) is 12.4 Å². The summed E-state index contributed by atoms with van der Waals surface area (Å²) in [5, 5.41) is 0. The largest absolute Gasteiger partial charge is 0.456 e. The molecular formula is C11H11N3O. The van der Waals surface area contributed by atoms with Gasteiger partial charge in [-0.05, 0) is 36.4 Å². The van der Waals surface area contributed by atoms with Gasteiger partial charge in [0.15, 0.2) is 0 Å². The zero-order valence-corrected chi connectivity index (χ0v) is 8.05. The topological polar surface area (TPSA) is 60.2 Å². The van der Waals surface area contributed by atoms with Crippen LogP contribution < -0.4 is 16.0 Å². The zero-order valence-electron chi connectivity index (χ0n) is 8.05. The molecule has 0 aliphatic carbocycles. The Morgan fingerprint density at radius 2 is 1.87 bits per heavy atom. The summed E-state index contributed by atoms with van der Waals surface area (Å²) in [4.78, 5) is 3.96. The number of aromatic nitrogens is 1. The van der Waals surface area contributed by atoms with Crippen molar-refractivity contribution >= 4 is 5.69 Å². The molecule has 0 aliphatic heterocycles. The lowest BCUT2D eigenvalue weighted by molar-refractivity contribution is 0.480. The maximum atomic E-state index is 5.55. The molecule has 0 bridgehead atoms. The lowest BCUT2D eigenvalue weighted by atomic mass is 10.3. The fourth-order valence-corrected chi connectivity index (χ4v) is 1.16. The van der Waals surface area contributed by atoms with Crippen LogP contribution in [0.2, 0.25) is 0 Å². The second-order valence-electron chi connectivity index (χ2n) is 2.96. The standard InChI is InChI=1S/C11H11N3O/c12-14-9-3-5-10(6-4-9)15-11-2-1-7-13-8-11/h1-8,14H,12H2. The average Bonchev–Trinajstić information content (AvgIpc) is 2.31. The number of hydrazine groups is 1. The van der Waals surface area contributed by atoms with Crippen LogP contribution >= 0.6 is 0 Å². The van der Waals surface area contributed by atoms with Gasteiger partial charge in [0.2, 0.25) is 0 Å². The number of ether oxygens (including phenoxy) is 1. The molecule has 2 aromatic rings. The first-order chi connectivity index (χ1) is 7.38. The number of rotatable bonds is 3.